The predicted molar refractivity (Wildman–Crippen MR) is 109 cm³/mol. The number of rotatable bonds is 5. The van der Waals surface area contributed by atoms with Gasteiger partial charge in [-0.05, 0) is 32.9 Å². The molecule has 0 unspecified atom stereocenters. The second-order valence-electron chi connectivity index (χ2n) is 6.90. The molecule has 4 heteroatoms. The molecule has 0 radical (unpaired) electrons. The van der Waals surface area contributed by atoms with Crippen LogP contribution < -0.4 is 10.8 Å². The van der Waals surface area contributed by atoms with Gasteiger partial charge in [0.25, 0.3) is 0 Å². The van der Waals surface area contributed by atoms with Gasteiger partial charge in [-0.3, -0.25) is 4.99 Å². The minimum Gasteiger partial charge on any atom is -0.358 e. The summed E-state index contributed by atoms with van der Waals surface area (Å²) in [5.41, 5.74) is 8.16. The van der Waals surface area contributed by atoms with Crippen LogP contribution in [0.1, 0.15) is 33.3 Å². The largest absolute Gasteiger partial charge is 0.358 e. The predicted octanol–water partition coefficient (Wildman–Crippen LogP) is 3.96. The van der Waals surface area contributed by atoms with Crippen molar-refractivity contribution in [1.29, 1.82) is 0 Å². The Labute approximate surface area is 147 Å². The van der Waals surface area contributed by atoms with Gasteiger partial charge in [-0.1, -0.05) is 49.4 Å². The lowest BCUT2D eigenvalue weighted by molar-refractivity contribution is 0.555. The molecular weight excluding hydrogens is 293 g/mol. The molecule has 0 saturated heterocycles. The van der Waals surface area contributed by atoms with Gasteiger partial charge in [0.2, 0.25) is 0 Å². The maximum absolute atomic E-state index is 4.42. The average Bonchev–Trinajstić information content (AvgIpc) is 2.76. The van der Waals surface area contributed by atoms with Crippen LogP contribution in [-0.2, 0) is 0 Å². The Bertz CT molecular complexity index is 726. The molecule has 0 fully saturated rings. The molecule has 0 atom stereocenters. The van der Waals surface area contributed by atoms with E-state index < -0.39 is 0 Å². The van der Waals surface area contributed by atoms with Crippen LogP contribution in [-0.4, -0.2) is 24.9 Å². The summed E-state index contributed by atoms with van der Waals surface area (Å²) in [6.07, 6.45) is 3.69. The molecule has 24 heavy (non-hydrogen) atoms. The lowest BCUT2D eigenvalue weighted by Gasteiger charge is -2.21. The van der Waals surface area contributed by atoms with Gasteiger partial charge in [0, 0.05) is 30.3 Å². The number of hydrogen-bond donors (Lipinski definition) is 1. The number of allylic oxidation sites excluding steroid dienone is 3. The average molecular weight is 321 g/mol. The minimum atomic E-state index is 0.622. The van der Waals surface area contributed by atoms with Crippen LogP contribution in [0, 0.1) is 6.92 Å². The summed E-state index contributed by atoms with van der Waals surface area (Å²) in [6, 6.07) is 6.61. The number of aryl methyl sites for hydroxylation is 1. The van der Waals surface area contributed by atoms with Crippen molar-refractivity contribution in [3.05, 3.63) is 59.7 Å². The minimum absolute atomic E-state index is 0.622. The highest BCUT2D eigenvalue weighted by Crippen LogP contribution is 2.25. The molecule has 0 amide bonds. The van der Waals surface area contributed by atoms with Gasteiger partial charge in [-0.25, -0.2) is 0 Å². The Kier molecular flexibility index (Phi) is 5.71. The molecule has 1 N–H and O–H groups in total. The van der Waals surface area contributed by atoms with E-state index in [4.69, 9.17) is 0 Å². The van der Waals surface area contributed by atoms with E-state index in [-0.39, 0.29) is 0 Å². The first-order chi connectivity index (χ1) is 11.3. The van der Waals surface area contributed by atoms with Crippen molar-refractivity contribution >= 4 is 24.1 Å². The van der Waals surface area contributed by atoms with Crippen molar-refractivity contribution in [2.24, 2.45) is 4.99 Å². The fourth-order valence-corrected chi connectivity index (χ4v) is 3.07. The number of hydrogen-bond acceptors (Lipinski definition) is 3. The van der Waals surface area contributed by atoms with Crippen LogP contribution in [0.25, 0.3) is 0 Å². The first-order valence-electron chi connectivity index (χ1n) is 8.52. The standard InChI is InChI=1S/C20H28BN3/c1-8-22-19-12-15(5)24(7)20(19)16(6)23-18-10-9-14(4)11-17(18)21-13(2)3/h8-13,21,23H,1H2,2-7H3/b20-16-,22-19-. The molecule has 1 aromatic rings. The Morgan fingerprint density at radius 3 is 2.67 bits per heavy atom. The van der Waals surface area contributed by atoms with E-state index in [9.17, 15) is 0 Å². The third-order valence-electron chi connectivity index (χ3n) is 4.25. The second-order valence-corrected chi connectivity index (χ2v) is 6.90. The van der Waals surface area contributed by atoms with E-state index in [2.05, 4.69) is 87.7 Å². The molecule has 3 nitrogen and oxygen atoms in total. The number of nitrogens with one attached hydrogen (secondary N) is 1. The maximum Gasteiger partial charge on any atom is 0.163 e. The molecule has 0 saturated carbocycles. The third kappa shape index (κ3) is 3.99. The molecule has 1 aromatic carbocycles. The number of aliphatic imine (C=N–C) groups is 1. The summed E-state index contributed by atoms with van der Waals surface area (Å²) in [6.45, 7) is 14.6. The fourth-order valence-electron chi connectivity index (χ4n) is 3.07. The van der Waals surface area contributed by atoms with Crippen LogP contribution >= 0.6 is 0 Å². The van der Waals surface area contributed by atoms with Crippen LogP contribution in [0.3, 0.4) is 0 Å². The van der Waals surface area contributed by atoms with E-state index in [1.54, 1.807) is 6.20 Å². The molecule has 2 rings (SSSR count). The lowest BCUT2D eigenvalue weighted by Crippen LogP contribution is -2.24. The highest BCUT2D eigenvalue weighted by molar-refractivity contribution is 6.56. The van der Waals surface area contributed by atoms with Gasteiger partial charge in [-0.15, -0.1) is 0 Å². The Morgan fingerprint density at radius 2 is 2.04 bits per heavy atom. The first kappa shape index (κ1) is 18.1. The van der Waals surface area contributed by atoms with Crippen LogP contribution in [0.2, 0.25) is 5.82 Å². The SMILES string of the molecule is C=C/N=C1/C=C(C)N(C)/C1=C(/C)Nc1ccc(C)cc1BC(C)C. The summed E-state index contributed by atoms with van der Waals surface area (Å²) >= 11 is 0. The zero-order valence-electron chi connectivity index (χ0n) is 15.8. The van der Waals surface area contributed by atoms with Gasteiger partial charge >= 0.3 is 0 Å². The van der Waals surface area contributed by atoms with Crippen molar-refractivity contribution in [3.63, 3.8) is 0 Å². The molecule has 126 valence electrons. The fraction of sp³-hybridized carbons (Fsp3) is 0.350. The second kappa shape index (κ2) is 7.56. The highest BCUT2D eigenvalue weighted by atomic mass is 15.2. The number of benzene rings is 1. The molecule has 0 aromatic heterocycles. The summed E-state index contributed by atoms with van der Waals surface area (Å²) < 4.78 is 0. The normalized spacial score (nSPS) is 18.0. The molecule has 0 aliphatic carbocycles. The van der Waals surface area contributed by atoms with Crippen molar-refractivity contribution in [2.75, 3.05) is 12.4 Å². The summed E-state index contributed by atoms with van der Waals surface area (Å²) in [5.74, 6) is 0.622. The third-order valence-corrected chi connectivity index (χ3v) is 4.25. The van der Waals surface area contributed by atoms with Crippen molar-refractivity contribution in [2.45, 2.75) is 40.4 Å². The van der Waals surface area contributed by atoms with Crippen LogP contribution in [0.4, 0.5) is 5.69 Å². The molecule has 1 heterocycles. The van der Waals surface area contributed by atoms with Crippen molar-refractivity contribution < 1.29 is 0 Å². The van der Waals surface area contributed by atoms with Crippen molar-refractivity contribution in [1.82, 2.24) is 4.90 Å². The van der Waals surface area contributed by atoms with E-state index in [1.165, 1.54) is 22.4 Å². The molecule has 0 bridgehead atoms. The molecule has 0 spiro atoms. The Hall–Kier alpha value is -2.23. The Balaban J connectivity index is 2.40. The number of nitrogens with zero attached hydrogens (tertiary/aromatic N) is 2. The first-order valence-corrected chi connectivity index (χ1v) is 8.52. The van der Waals surface area contributed by atoms with Crippen LogP contribution in [0.5, 0.6) is 0 Å². The van der Waals surface area contributed by atoms with E-state index in [0.717, 1.165) is 24.4 Å². The summed E-state index contributed by atoms with van der Waals surface area (Å²) in [5, 5.41) is 3.61. The summed E-state index contributed by atoms with van der Waals surface area (Å²) in [7, 11) is 3.13. The smallest absolute Gasteiger partial charge is 0.163 e. The van der Waals surface area contributed by atoms with Gasteiger partial charge in [-0.2, -0.15) is 0 Å². The van der Waals surface area contributed by atoms with Crippen molar-refractivity contribution in [3.8, 4) is 0 Å². The quantitative estimate of drug-likeness (QED) is 0.831. The Morgan fingerprint density at radius 1 is 1.33 bits per heavy atom. The van der Waals surface area contributed by atoms with E-state index in [0.29, 0.717) is 5.82 Å². The molecule has 1 aliphatic heterocycles. The van der Waals surface area contributed by atoms with E-state index in [1.807, 2.05) is 0 Å². The van der Waals surface area contributed by atoms with Gasteiger partial charge in [0.1, 0.15) is 0 Å². The monoisotopic (exact) mass is 321 g/mol. The summed E-state index contributed by atoms with van der Waals surface area (Å²) in [4.78, 5) is 6.59. The van der Waals surface area contributed by atoms with Gasteiger partial charge < -0.3 is 10.2 Å². The topological polar surface area (TPSA) is 27.6 Å². The lowest BCUT2D eigenvalue weighted by atomic mass is 9.60. The maximum atomic E-state index is 4.42. The molecular formula is C20H28BN3. The highest BCUT2D eigenvalue weighted by Gasteiger charge is 2.22. The zero-order valence-corrected chi connectivity index (χ0v) is 15.8. The molecule has 1 aliphatic rings. The van der Waals surface area contributed by atoms with Crippen LogP contribution in [0.15, 0.2) is 59.1 Å². The van der Waals surface area contributed by atoms with Gasteiger partial charge in [0.15, 0.2) is 7.28 Å². The number of anilines is 1. The van der Waals surface area contributed by atoms with E-state index >= 15 is 0 Å². The van der Waals surface area contributed by atoms with Gasteiger partial charge in [0.05, 0.1) is 11.4 Å². The zero-order chi connectivity index (χ0) is 17.9.